The largest absolute Gasteiger partial charge is 0.396 e. The second kappa shape index (κ2) is 7.62. The van der Waals surface area contributed by atoms with Crippen molar-refractivity contribution >= 4 is 17.9 Å². The first-order valence-electron chi connectivity index (χ1n) is 8.38. The van der Waals surface area contributed by atoms with Gasteiger partial charge in [0, 0.05) is 25.3 Å². The minimum Gasteiger partial charge on any atom is -0.396 e. The summed E-state index contributed by atoms with van der Waals surface area (Å²) in [5.41, 5.74) is 1.57. The Kier molecular flexibility index (Phi) is 5.78. The molecule has 0 fully saturated rings. The number of benzene rings is 1. The van der Waals surface area contributed by atoms with Crippen molar-refractivity contribution in [2.45, 2.75) is 51.6 Å². The van der Waals surface area contributed by atoms with Crippen molar-refractivity contribution in [1.29, 1.82) is 0 Å². The lowest BCUT2D eigenvalue weighted by molar-refractivity contribution is -0.130. The van der Waals surface area contributed by atoms with Gasteiger partial charge in [-0.3, -0.25) is 9.59 Å². The van der Waals surface area contributed by atoms with Gasteiger partial charge in [-0.2, -0.15) is 0 Å². The number of nitrogens with one attached hydrogen (secondary N) is 1. The Hall–Kier alpha value is -2.14. The minimum atomic E-state index is -0.434. The first-order valence-corrected chi connectivity index (χ1v) is 8.38. The Morgan fingerprint density at radius 2 is 2.04 bits per heavy atom. The van der Waals surface area contributed by atoms with Crippen LogP contribution in [0.25, 0.3) is 6.08 Å². The van der Waals surface area contributed by atoms with Crippen LogP contribution >= 0.6 is 0 Å². The number of aliphatic hydroxyl groups is 1. The number of amides is 2. The van der Waals surface area contributed by atoms with Crippen molar-refractivity contribution in [2.24, 2.45) is 0 Å². The third-order valence-corrected chi connectivity index (χ3v) is 4.73. The lowest BCUT2D eigenvalue weighted by Crippen LogP contribution is -2.47. The molecule has 2 unspecified atom stereocenters. The zero-order chi connectivity index (χ0) is 17.7. The number of carbonyl (C=O) groups excluding carboxylic acids is 2. The molecule has 1 aliphatic heterocycles. The van der Waals surface area contributed by atoms with Crippen LogP contribution in [0.5, 0.6) is 0 Å². The van der Waals surface area contributed by atoms with Gasteiger partial charge in [-0.25, -0.2) is 0 Å². The molecule has 130 valence electrons. The molecule has 0 bridgehead atoms. The van der Waals surface area contributed by atoms with Crippen molar-refractivity contribution in [3.63, 3.8) is 0 Å². The van der Waals surface area contributed by atoms with Crippen LogP contribution in [0.1, 0.15) is 57.2 Å². The number of hydrogen-bond acceptors (Lipinski definition) is 3. The summed E-state index contributed by atoms with van der Waals surface area (Å²) in [5, 5.41) is 12.2. The van der Waals surface area contributed by atoms with Crippen molar-refractivity contribution in [3.05, 3.63) is 41.6 Å². The Morgan fingerprint density at radius 3 is 2.67 bits per heavy atom. The van der Waals surface area contributed by atoms with Gasteiger partial charge in [0.1, 0.15) is 0 Å². The highest BCUT2D eigenvalue weighted by Crippen LogP contribution is 2.33. The normalized spacial score (nSPS) is 18.7. The van der Waals surface area contributed by atoms with Crippen LogP contribution in [0, 0.1) is 0 Å². The molecule has 5 heteroatoms. The predicted molar refractivity (Wildman–Crippen MR) is 93.9 cm³/mol. The van der Waals surface area contributed by atoms with Crippen molar-refractivity contribution < 1.29 is 14.7 Å². The van der Waals surface area contributed by atoms with E-state index in [1.165, 1.54) is 6.92 Å². The molecule has 24 heavy (non-hydrogen) atoms. The van der Waals surface area contributed by atoms with E-state index in [-0.39, 0.29) is 30.9 Å². The SMILES string of the molecule is CCC(C)(CCO)NC(=O)CC1c2ccccc2C=CN1C(C)=O. The summed E-state index contributed by atoms with van der Waals surface area (Å²) < 4.78 is 0. The summed E-state index contributed by atoms with van der Waals surface area (Å²) >= 11 is 0. The zero-order valence-corrected chi connectivity index (χ0v) is 14.6. The van der Waals surface area contributed by atoms with E-state index in [9.17, 15) is 14.7 Å². The molecule has 0 spiro atoms. The molecule has 1 aromatic rings. The molecule has 2 N–H and O–H groups in total. The molecule has 1 aromatic carbocycles. The fourth-order valence-electron chi connectivity index (χ4n) is 3.05. The molecule has 0 aromatic heterocycles. The van der Waals surface area contributed by atoms with Gasteiger partial charge < -0.3 is 15.3 Å². The van der Waals surface area contributed by atoms with E-state index in [4.69, 9.17) is 0 Å². The summed E-state index contributed by atoms with van der Waals surface area (Å²) in [6.07, 6.45) is 5.08. The quantitative estimate of drug-likeness (QED) is 0.842. The Labute approximate surface area is 143 Å². The highest BCUT2D eigenvalue weighted by Gasteiger charge is 2.30. The summed E-state index contributed by atoms with van der Waals surface area (Å²) in [4.78, 5) is 26.1. The Balaban J connectivity index is 2.20. The molecule has 0 saturated heterocycles. The lowest BCUT2D eigenvalue weighted by atomic mass is 9.91. The third kappa shape index (κ3) is 4.03. The number of aliphatic hydroxyl groups excluding tert-OH is 1. The first-order chi connectivity index (χ1) is 11.4. The number of fused-ring (bicyclic) bond motifs is 1. The smallest absolute Gasteiger partial charge is 0.223 e. The average molecular weight is 330 g/mol. The van der Waals surface area contributed by atoms with Crippen LogP contribution < -0.4 is 5.32 Å². The fraction of sp³-hybridized carbons (Fsp3) is 0.474. The number of carbonyl (C=O) groups is 2. The Bertz CT molecular complexity index is 641. The predicted octanol–water partition coefficient (Wildman–Crippen LogP) is 2.62. The molecular weight excluding hydrogens is 304 g/mol. The summed E-state index contributed by atoms with van der Waals surface area (Å²) in [6, 6.07) is 7.50. The van der Waals surface area contributed by atoms with Crippen molar-refractivity contribution in [3.8, 4) is 0 Å². The van der Waals surface area contributed by atoms with Crippen LogP contribution in [0.15, 0.2) is 30.5 Å². The van der Waals surface area contributed by atoms with Gasteiger partial charge in [-0.05, 0) is 37.0 Å². The van der Waals surface area contributed by atoms with Crippen LogP contribution in [0.2, 0.25) is 0 Å². The van der Waals surface area contributed by atoms with Gasteiger partial charge in [-0.15, -0.1) is 0 Å². The van der Waals surface area contributed by atoms with Gasteiger partial charge >= 0.3 is 0 Å². The standard InChI is InChI=1S/C19H26N2O3/c1-4-19(3,10-12-22)20-18(24)13-17-16-8-6-5-7-15(16)9-11-21(17)14(2)23/h5-9,11,17,22H,4,10,12-13H2,1-3H3,(H,20,24). The van der Waals surface area contributed by atoms with E-state index in [1.807, 2.05) is 44.2 Å². The monoisotopic (exact) mass is 330 g/mol. The molecule has 1 heterocycles. The van der Waals surface area contributed by atoms with E-state index in [1.54, 1.807) is 11.1 Å². The number of hydrogen-bond donors (Lipinski definition) is 2. The second-order valence-electron chi connectivity index (χ2n) is 6.53. The first kappa shape index (κ1) is 18.2. The number of rotatable bonds is 6. The van der Waals surface area contributed by atoms with Gasteiger partial charge in [0.15, 0.2) is 0 Å². The van der Waals surface area contributed by atoms with Gasteiger partial charge in [0.05, 0.1) is 12.5 Å². The lowest BCUT2D eigenvalue weighted by Gasteiger charge is -2.34. The molecule has 5 nitrogen and oxygen atoms in total. The highest BCUT2D eigenvalue weighted by molar-refractivity contribution is 5.82. The van der Waals surface area contributed by atoms with Gasteiger partial charge in [0.2, 0.25) is 11.8 Å². The van der Waals surface area contributed by atoms with Crippen LogP contribution in [0.4, 0.5) is 0 Å². The molecule has 2 atom stereocenters. The highest BCUT2D eigenvalue weighted by atomic mass is 16.3. The summed E-state index contributed by atoms with van der Waals surface area (Å²) in [6.45, 7) is 5.44. The van der Waals surface area contributed by atoms with Gasteiger partial charge in [-0.1, -0.05) is 31.2 Å². The second-order valence-corrected chi connectivity index (χ2v) is 6.53. The summed E-state index contributed by atoms with van der Waals surface area (Å²) in [5.74, 6) is -0.207. The van der Waals surface area contributed by atoms with Crippen LogP contribution in [-0.2, 0) is 9.59 Å². The maximum Gasteiger partial charge on any atom is 0.223 e. The number of nitrogens with zero attached hydrogens (tertiary/aromatic N) is 1. The molecule has 0 aliphatic carbocycles. The minimum absolute atomic E-state index is 0.0270. The van der Waals surface area contributed by atoms with Gasteiger partial charge in [0.25, 0.3) is 0 Å². The molecule has 0 radical (unpaired) electrons. The van der Waals surface area contributed by atoms with E-state index >= 15 is 0 Å². The van der Waals surface area contributed by atoms with E-state index in [0.717, 1.165) is 17.5 Å². The molecule has 2 rings (SSSR count). The maximum absolute atomic E-state index is 12.6. The molecule has 0 saturated carbocycles. The zero-order valence-electron chi connectivity index (χ0n) is 14.6. The van der Waals surface area contributed by atoms with E-state index in [2.05, 4.69) is 5.32 Å². The average Bonchev–Trinajstić information content (AvgIpc) is 2.55. The maximum atomic E-state index is 12.6. The van der Waals surface area contributed by atoms with E-state index in [0.29, 0.717) is 6.42 Å². The van der Waals surface area contributed by atoms with Crippen LogP contribution in [0.3, 0.4) is 0 Å². The van der Waals surface area contributed by atoms with Crippen LogP contribution in [-0.4, -0.2) is 34.0 Å². The van der Waals surface area contributed by atoms with Crippen molar-refractivity contribution in [1.82, 2.24) is 10.2 Å². The Morgan fingerprint density at radius 1 is 1.33 bits per heavy atom. The summed E-state index contributed by atoms with van der Waals surface area (Å²) in [7, 11) is 0. The fourth-order valence-corrected chi connectivity index (χ4v) is 3.05. The van der Waals surface area contributed by atoms with Crippen molar-refractivity contribution in [2.75, 3.05) is 6.61 Å². The topological polar surface area (TPSA) is 69.6 Å². The molecule has 1 aliphatic rings. The third-order valence-electron chi connectivity index (χ3n) is 4.73. The molecular formula is C19H26N2O3. The molecule has 2 amide bonds. The van der Waals surface area contributed by atoms with E-state index < -0.39 is 5.54 Å².